The van der Waals surface area contributed by atoms with E-state index < -0.39 is 0 Å². The predicted molar refractivity (Wildman–Crippen MR) is 78.3 cm³/mol. The summed E-state index contributed by atoms with van der Waals surface area (Å²) in [5.41, 5.74) is 2.45. The van der Waals surface area contributed by atoms with Gasteiger partial charge in [-0.25, -0.2) is 0 Å². The lowest BCUT2D eigenvalue weighted by atomic mass is 10.1. The van der Waals surface area contributed by atoms with Crippen molar-refractivity contribution in [2.24, 2.45) is 0 Å². The zero-order valence-corrected chi connectivity index (χ0v) is 11.9. The summed E-state index contributed by atoms with van der Waals surface area (Å²) in [5, 5.41) is 2.64. The number of rotatable bonds is 0. The molecule has 2 heterocycles. The number of benzene rings is 1. The van der Waals surface area contributed by atoms with Gasteiger partial charge in [0, 0.05) is 30.1 Å². The standard InChI is InChI=1S/C14H10Cl2N2O/c1-7-6-18(8(2)19)14-9-3-4-11(15)12(16)13(9)17-5-10(7)14/h3-6H,1-2H3. The van der Waals surface area contributed by atoms with Gasteiger partial charge in [0.15, 0.2) is 0 Å². The fourth-order valence-electron chi connectivity index (χ4n) is 2.32. The average molecular weight is 293 g/mol. The largest absolute Gasteiger partial charge is 0.286 e. The average Bonchev–Trinajstić information content (AvgIpc) is 2.72. The van der Waals surface area contributed by atoms with Crippen LogP contribution in [0.25, 0.3) is 21.8 Å². The van der Waals surface area contributed by atoms with Crippen LogP contribution in [0.1, 0.15) is 17.3 Å². The Morgan fingerprint density at radius 3 is 2.68 bits per heavy atom. The Morgan fingerprint density at radius 1 is 1.26 bits per heavy atom. The Hall–Kier alpha value is -1.58. The first-order valence-electron chi connectivity index (χ1n) is 5.76. The number of fused-ring (bicyclic) bond motifs is 3. The lowest BCUT2D eigenvalue weighted by Crippen LogP contribution is -2.03. The van der Waals surface area contributed by atoms with Crippen LogP contribution in [-0.4, -0.2) is 15.5 Å². The molecule has 0 bridgehead atoms. The summed E-state index contributed by atoms with van der Waals surface area (Å²) in [6.07, 6.45) is 3.55. The van der Waals surface area contributed by atoms with E-state index in [1.54, 1.807) is 16.8 Å². The second-order valence-corrected chi connectivity index (χ2v) is 5.26. The molecule has 0 aliphatic heterocycles. The highest BCUT2D eigenvalue weighted by Crippen LogP contribution is 2.34. The molecule has 96 valence electrons. The monoisotopic (exact) mass is 292 g/mol. The molecule has 0 atom stereocenters. The number of nitrogens with zero attached hydrogens (tertiary/aromatic N) is 2. The molecule has 0 spiro atoms. The van der Waals surface area contributed by atoms with Gasteiger partial charge in [0.2, 0.25) is 5.91 Å². The fraction of sp³-hybridized carbons (Fsp3) is 0.143. The normalized spacial score (nSPS) is 11.4. The highest BCUT2D eigenvalue weighted by molar-refractivity contribution is 6.45. The second kappa shape index (κ2) is 4.22. The maximum Gasteiger partial charge on any atom is 0.227 e. The summed E-state index contributed by atoms with van der Waals surface area (Å²) in [6, 6.07) is 3.57. The van der Waals surface area contributed by atoms with Gasteiger partial charge in [-0.3, -0.25) is 14.3 Å². The van der Waals surface area contributed by atoms with Crippen LogP contribution in [0, 0.1) is 6.92 Å². The van der Waals surface area contributed by atoms with Crippen LogP contribution in [-0.2, 0) is 0 Å². The van der Waals surface area contributed by atoms with Crippen LogP contribution in [0.5, 0.6) is 0 Å². The number of halogens is 2. The summed E-state index contributed by atoms with van der Waals surface area (Å²) in [7, 11) is 0. The number of hydrogen-bond donors (Lipinski definition) is 0. The molecule has 0 unspecified atom stereocenters. The van der Waals surface area contributed by atoms with Crippen LogP contribution in [0.4, 0.5) is 0 Å². The van der Waals surface area contributed by atoms with Gasteiger partial charge < -0.3 is 0 Å². The molecule has 0 aliphatic rings. The van der Waals surface area contributed by atoms with Gasteiger partial charge >= 0.3 is 0 Å². The number of pyridine rings is 1. The van der Waals surface area contributed by atoms with Crippen molar-refractivity contribution in [2.45, 2.75) is 13.8 Å². The first-order valence-corrected chi connectivity index (χ1v) is 6.51. The lowest BCUT2D eigenvalue weighted by Gasteiger charge is -2.06. The molecule has 0 aliphatic carbocycles. The van der Waals surface area contributed by atoms with Gasteiger partial charge in [0.1, 0.15) is 0 Å². The Balaban J connectivity index is 2.59. The number of hydrogen-bond acceptors (Lipinski definition) is 2. The molecule has 0 saturated heterocycles. The summed E-state index contributed by atoms with van der Waals surface area (Å²) < 4.78 is 1.62. The number of aromatic nitrogens is 2. The Kier molecular flexibility index (Phi) is 2.77. The van der Waals surface area contributed by atoms with Crippen molar-refractivity contribution < 1.29 is 4.79 Å². The molecule has 2 aromatic heterocycles. The van der Waals surface area contributed by atoms with E-state index in [0.29, 0.717) is 15.6 Å². The van der Waals surface area contributed by atoms with Crippen LogP contribution >= 0.6 is 23.2 Å². The third kappa shape index (κ3) is 1.73. The van der Waals surface area contributed by atoms with Crippen LogP contribution in [0.15, 0.2) is 24.5 Å². The minimum Gasteiger partial charge on any atom is -0.286 e. The molecule has 3 rings (SSSR count). The van der Waals surface area contributed by atoms with Crippen molar-refractivity contribution in [3.8, 4) is 0 Å². The molecule has 5 heteroatoms. The van der Waals surface area contributed by atoms with Crippen molar-refractivity contribution in [1.82, 2.24) is 9.55 Å². The third-order valence-corrected chi connectivity index (χ3v) is 4.02. The predicted octanol–water partition coefficient (Wildman–Crippen LogP) is 4.46. The zero-order valence-electron chi connectivity index (χ0n) is 10.4. The second-order valence-electron chi connectivity index (χ2n) is 4.48. The van der Waals surface area contributed by atoms with E-state index in [9.17, 15) is 4.79 Å². The topological polar surface area (TPSA) is 34.9 Å². The van der Waals surface area contributed by atoms with Crippen LogP contribution in [0.2, 0.25) is 10.0 Å². The maximum absolute atomic E-state index is 11.8. The van der Waals surface area contributed by atoms with Gasteiger partial charge in [0.25, 0.3) is 0 Å². The van der Waals surface area contributed by atoms with E-state index in [4.69, 9.17) is 23.2 Å². The van der Waals surface area contributed by atoms with Crippen molar-refractivity contribution in [2.75, 3.05) is 0 Å². The van der Waals surface area contributed by atoms with Gasteiger partial charge in [0.05, 0.1) is 21.1 Å². The number of aryl methyl sites for hydroxylation is 1. The smallest absolute Gasteiger partial charge is 0.227 e. The first kappa shape index (κ1) is 12.5. The third-order valence-electron chi connectivity index (χ3n) is 3.23. The molecule has 19 heavy (non-hydrogen) atoms. The van der Waals surface area contributed by atoms with E-state index in [1.165, 1.54) is 6.92 Å². The quantitative estimate of drug-likeness (QED) is 0.613. The van der Waals surface area contributed by atoms with Gasteiger partial charge in [-0.2, -0.15) is 0 Å². The summed E-state index contributed by atoms with van der Waals surface area (Å²) in [5.74, 6) is -0.0447. The Labute approximate surface area is 119 Å². The molecular formula is C14H10Cl2N2O. The Bertz CT molecular complexity index is 836. The molecule has 0 saturated carbocycles. The van der Waals surface area contributed by atoms with E-state index in [-0.39, 0.29) is 5.91 Å². The van der Waals surface area contributed by atoms with Gasteiger partial charge in [-0.05, 0) is 24.6 Å². The molecule has 0 N–H and O–H groups in total. The highest BCUT2D eigenvalue weighted by Gasteiger charge is 2.15. The fourth-order valence-corrected chi connectivity index (χ4v) is 2.68. The minimum absolute atomic E-state index is 0.0447. The Morgan fingerprint density at radius 2 is 2.00 bits per heavy atom. The van der Waals surface area contributed by atoms with E-state index in [1.807, 2.05) is 19.2 Å². The molecule has 0 radical (unpaired) electrons. The first-order chi connectivity index (χ1) is 9.00. The number of carbonyl (C=O) groups excluding carboxylic acids is 1. The van der Waals surface area contributed by atoms with Gasteiger partial charge in [-0.15, -0.1) is 0 Å². The molecule has 1 aromatic carbocycles. The van der Waals surface area contributed by atoms with Gasteiger partial charge in [-0.1, -0.05) is 23.2 Å². The van der Waals surface area contributed by atoms with E-state index in [0.717, 1.165) is 21.9 Å². The van der Waals surface area contributed by atoms with Crippen LogP contribution < -0.4 is 0 Å². The zero-order chi connectivity index (χ0) is 13.7. The number of carbonyl (C=O) groups is 1. The molecule has 0 amide bonds. The van der Waals surface area contributed by atoms with E-state index >= 15 is 0 Å². The summed E-state index contributed by atoms with van der Waals surface area (Å²) in [4.78, 5) is 16.1. The molecule has 3 aromatic rings. The maximum atomic E-state index is 11.8. The lowest BCUT2D eigenvalue weighted by molar-refractivity contribution is 0.0941. The van der Waals surface area contributed by atoms with Crippen molar-refractivity contribution in [3.05, 3.63) is 40.1 Å². The molecule has 3 nitrogen and oxygen atoms in total. The molecular weight excluding hydrogens is 283 g/mol. The van der Waals surface area contributed by atoms with E-state index in [2.05, 4.69) is 4.98 Å². The molecule has 0 fully saturated rings. The minimum atomic E-state index is -0.0447. The SMILES string of the molecule is CC(=O)n1cc(C)c2cnc3c(Cl)c(Cl)ccc3c21. The van der Waals surface area contributed by atoms with Crippen molar-refractivity contribution >= 4 is 50.9 Å². The summed E-state index contributed by atoms with van der Waals surface area (Å²) >= 11 is 12.2. The van der Waals surface area contributed by atoms with Crippen molar-refractivity contribution in [1.29, 1.82) is 0 Å². The highest BCUT2D eigenvalue weighted by atomic mass is 35.5. The summed E-state index contributed by atoms with van der Waals surface area (Å²) in [6.45, 7) is 3.48. The van der Waals surface area contributed by atoms with Crippen molar-refractivity contribution in [3.63, 3.8) is 0 Å². The van der Waals surface area contributed by atoms with Crippen LogP contribution in [0.3, 0.4) is 0 Å².